The highest BCUT2D eigenvalue weighted by atomic mass is 16.4. The number of aliphatic carboxylic acids is 1. The third kappa shape index (κ3) is 2.19. The van der Waals surface area contributed by atoms with Crippen molar-refractivity contribution < 1.29 is 14.7 Å². The van der Waals surface area contributed by atoms with E-state index in [1.54, 1.807) is 0 Å². The van der Waals surface area contributed by atoms with Crippen molar-refractivity contribution in [1.29, 1.82) is 0 Å². The van der Waals surface area contributed by atoms with Gasteiger partial charge in [0, 0.05) is 12.1 Å². The summed E-state index contributed by atoms with van der Waals surface area (Å²) in [5.41, 5.74) is 2.51. The molecule has 0 unspecified atom stereocenters. The third-order valence-corrected chi connectivity index (χ3v) is 4.71. The van der Waals surface area contributed by atoms with E-state index >= 15 is 0 Å². The molecule has 0 radical (unpaired) electrons. The standard InChI is InChI=1S/C16H19NO3/c18-14(17-10-16(15(19)20)7-2-8-16)13-6-5-11-3-1-4-12(11)9-13/h5-6,9H,1-4,7-8,10H2,(H,17,18)(H,19,20). The minimum atomic E-state index is -0.794. The van der Waals surface area contributed by atoms with Gasteiger partial charge in [0.2, 0.25) is 0 Å². The maximum Gasteiger partial charge on any atom is 0.311 e. The van der Waals surface area contributed by atoms with Crippen LogP contribution in [0.2, 0.25) is 0 Å². The number of carboxylic acid groups (broad SMARTS) is 1. The number of carbonyl (C=O) groups excluding carboxylic acids is 1. The molecule has 1 aromatic carbocycles. The predicted molar refractivity (Wildman–Crippen MR) is 74.7 cm³/mol. The highest BCUT2D eigenvalue weighted by molar-refractivity contribution is 5.95. The minimum Gasteiger partial charge on any atom is -0.481 e. The Balaban J connectivity index is 1.66. The zero-order valence-electron chi connectivity index (χ0n) is 11.4. The number of carboxylic acids is 1. The van der Waals surface area contributed by atoms with Crippen LogP contribution in [-0.2, 0) is 17.6 Å². The van der Waals surface area contributed by atoms with Crippen molar-refractivity contribution >= 4 is 11.9 Å². The Labute approximate surface area is 118 Å². The first-order valence-corrected chi connectivity index (χ1v) is 7.24. The fraction of sp³-hybridized carbons (Fsp3) is 0.500. The van der Waals surface area contributed by atoms with Gasteiger partial charge in [0.15, 0.2) is 0 Å². The van der Waals surface area contributed by atoms with Gasteiger partial charge in [0.1, 0.15) is 0 Å². The highest BCUT2D eigenvalue weighted by Gasteiger charge is 2.44. The maximum absolute atomic E-state index is 12.1. The van der Waals surface area contributed by atoms with Gasteiger partial charge in [-0.1, -0.05) is 12.5 Å². The lowest BCUT2D eigenvalue weighted by molar-refractivity contribution is -0.153. The molecule has 106 valence electrons. The summed E-state index contributed by atoms with van der Waals surface area (Å²) in [5, 5.41) is 12.0. The second kappa shape index (κ2) is 4.93. The van der Waals surface area contributed by atoms with Crippen LogP contribution in [0.15, 0.2) is 18.2 Å². The van der Waals surface area contributed by atoms with Crippen LogP contribution in [0.25, 0.3) is 0 Å². The molecule has 4 nitrogen and oxygen atoms in total. The lowest BCUT2D eigenvalue weighted by atomic mass is 9.69. The van der Waals surface area contributed by atoms with E-state index in [9.17, 15) is 14.7 Å². The monoisotopic (exact) mass is 273 g/mol. The molecule has 0 heterocycles. The molecule has 1 saturated carbocycles. The number of rotatable bonds is 4. The molecule has 1 aromatic rings. The number of hydrogen-bond acceptors (Lipinski definition) is 2. The number of carbonyl (C=O) groups is 2. The first-order valence-electron chi connectivity index (χ1n) is 7.24. The van der Waals surface area contributed by atoms with Crippen molar-refractivity contribution in [2.24, 2.45) is 5.41 Å². The molecule has 0 atom stereocenters. The van der Waals surface area contributed by atoms with Crippen LogP contribution >= 0.6 is 0 Å². The Kier molecular flexibility index (Phi) is 3.24. The Hall–Kier alpha value is -1.84. The fourth-order valence-electron chi connectivity index (χ4n) is 3.13. The van der Waals surface area contributed by atoms with E-state index in [1.807, 2.05) is 18.2 Å². The van der Waals surface area contributed by atoms with Gasteiger partial charge < -0.3 is 10.4 Å². The summed E-state index contributed by atoms with van der Waals surface area (Å²) < 4.78 is 0. The summed E-state index contributed by atoms with van der Waals surface area (Å²) in [4.78, 5) is 23.4. The van der Waals surface area contributed by atoms with Crippen molar-refractivity contribution in [1.82, 2.24) is 5.32 Å². The average Bonchev–Trinajstić information content (AvgIpc) is 2.83. The smallest absolute Gasteiger partial charge is 0.311 e. The first-order chi connectivity index (χ1) is 9.61. The van der Waals surface area contributed by atoms with Crippen molar-refractivity contribution in [3.63, 3.8) is 0 Å². The van der Waals surface area contributed by atoms with E-state index in [2.05, 4.69) is 5.32 Å². The molecule has 4 heteroatoms. The second-order valence-electron chi connectivity index (χ2n) is 5.96. The third-order valence-electron chi connectivity index (χ3n) is 4.71. The molecule has 0 spiro atoms. The van der Waals surface area contributed by atoms with E-state index in [4.69, 9.17) is 0 Å². The summed E-state index contributed by atoms with van der Waals surface area (Å²) in [5.74, 6) is -0.953. The van der Waals surface area contributed by atoms with Gasteiger partial charge in [-0.25, -0.2) is 0 Å². The summed E-state index contributed by atoms with van der Waals surface area (Å²) in [6.45, 7) is 0.234. The maximum atomic E-state index is 12.1. The molecule has 0 aliphatic heterocycles. The molecule has 0 aromatic heterocycles. The zero-order chi connectivity index (χ0) is 14.2. The molecular formula is C16H19NO3. The fourth-order valence-corrected chi connectivity index (χ4v) is 3.13. The topological polar surface area (TPSA) is 66.4 Å². The van der Waals surface area contributed by atoms with Gasteiger partial charge in [-0.15, -0.1) is 0 Å². The molecule has 1 amide bonds. The molecule has 1 fully saturated rings. The number of aryl methyl sites for hydroxylation is 2. The highest BCUT2D eigenvalue weighted by Crippen LogP contribution is 2.40. The summed E-state index contributed by atoms with van der Waals surface area (Å²) in [7, 11) is 0. The summed E-state index contributed by atoms with van der Waals surface area (Å²) in [6, 6.07) is 5.81. The first kappa shape index (κ1) is 13.2. The Bertz CT molecular complexity index is 561. The Morgan fingerprint density at radius 2 is 1.90 bits per heavy atom. The average molecular weight is 273 g/mol. The molecule has 0 bridgehead atoms. The van der Waals surface area contributed by atoms with Crippen LogP contribution in [0, 0.1) is 5.41 Å². The number of fused-ring (bicyclic) bond motifs is 1. The van der Waals surface area contributed by atoms with Gasteiger partial charge >= 0.3 is 5.97 Å². The van der Waals surface area contributed by atoms with Crippen molar-refractivity contribution in [2.45, 2.75) is 38.5 Å². The number of hydrogen-bond donors (Lipinski definition) is 2. The predicted octanol–water partition coefficient (Wildman–Crippen LogP) is 2.16. The van der Waals surface area contributed by atoms with Crippen LogP contribution in [0.5, 0.6) is 0 Å². The van der Waals surface area contributed by atoms with E-state index in [-0.39, 0.29) is 12.5 Å². The molecule has 2 N–H and O–H groups in total. The summed E-state index contributed by atoms with van der Waals surface area (Å²) in [6.07, 6.45) is 5.54. The minimum absolute atomic E-state index is 0.160. The lowest BCUT2D eigenvalue weighted by Crippen LogP contribution is -2.47. The SMILES string of the molecule is O=C(NCC1(C(=O)O)CCC1)c1ccc2c(c1)CCC2. The van der Waals surface area contributed by atoms with Crippen LogP contribution in [0.1, 0.15) is 47.2 Å². The van der Waals surface area contributed by atoms with E-state index < -0.39 is 11.4 Å². The van der Waals surface area contributed by atoms with Crippen molar-refractivity contribution in [3.8, 4) is 0 Å². The summed E-state index contributed by atoms with van der Waals surface area (Å²) >= 11 is 0. The molecule has 0 saturated heterocycles. The number of nitrogens with one attached hydrogen (secondary N) is 1. The molecule has 3 rings (SSSR count). The second-order valence-corrected chi connectivity index (χ2v) is 5.96. The van der Waals surface area contributed by atoms with Crippen LogP contribution < -0.4 is 5.32 Å². The van der Waals surface area contributed by atoms with E-state index in [0.29, 0.717) is 18.4 Å². The largest absolute Gasteiger partial charge is 0.481 e. The quantitative estimate of drug-likeness (QED) is 0.883. The van der Waals surface area contributed by atoms with Gasteiger partial charge in [-0.3, -0.25) is 9.59 Å². The Morgan fingerprint density at radius 3 is 2.55 bits per heavy atom. The number of amides is 1. The van der Waals surface area contributed by atoms with Gasteiger partial charge in [0.25, 0.3) is 5.91 Å². The number of benzene rings is 1. The normalized spacial score (nSPS) is 19.0. The van der Waals surface area contributed by atoms with Gasteiger partial charge in [-0.05, 0) is 55.4 Å². The molecule has 2 aliphatic carbocycles. The zero-order valence-corrected chi connectivity index (χ0v) is 11.4. The molecular weight excluding hydrogens is 254 g/mol. The van der Waals surface area contributed by atoms with E-state index in [1.165, 1.54) is 11.1 Å². The van der Waals surface area contributed by atoms with Crippen LogP contribution in [-0.4, -0.2) is 23.5 Å². The van der Waals surface area contributed by atoms with Crippen LogP contribution in [0.4, 0.5) is 0 Å². The molecule has 2 aliphatic rings. The van der Waals surface area contributed by atoms with Crippen molar-refractivity contribution in [3.05, 3.63) is 34.9 Å². The molecule has 20 heavy (non-hydrogen) atoms. The van der Waals surface area contributed by atoms with Gasteiger partial charge in [0.05, 0.1) is 5.41 Å². The van der Waals surface area contributed by atoms with Crippen molar-refractivity contribution in [2.75, 3.05) is 6.54 Å². The van der Waals surface area contributed by atoms with E-state index in [0.717, 1.165) is 25.7 Å². The van der Waals surface area contributed by atoms with Crippen LogP contribution in [0.3, 0.4) is 0 Å². The Morgan fingerprint density at radius 1 is 1.15 bits per heavy atom. The lowest BCUT2D eigenvalue weighted by Gasteiger charge is -2.37. The van der Waals surface area contributed by atoms with Gasteiger partial charge in [-0.2, -0.15) is 0 Å².